The molecular weight excluding hydrogens is 264 g/mol. The zero-order chi connectivity index (χ0) is 14.7. The van der Waals surface area contributed by atoms with Crippen LogP contribution in [0.15, 0.2) is 12.4 Å². The first-order valence-corrected chi connectivity index (χ1v) is 8.07. The van der Waals surface area contributed by atoms with Gasteiger partial charge in [0.05, 0.1) is 5.69 Å². The van der Waals surface area contributed by atoms with Gasteiger partial charge in [-0.1, -0.05) is 12.8 Å². The van der Waals surface area contributed by atoms with Crippen molar-refractivity contribution in [3.63, 3.8) is 0 Å². The normalized spacial score (nSPS) is 23.3. The summed E-state index contributed by atoms with van der Waals surface area (Å²) in [7, 11) is 0. The number of piperidine rings is 1. The smallest absolute Gasteiger partial charge is 0.219 e. The van der Waals surface area contributed by atoms with Crippen LogP contribution in [0.3, 0.4) is 0 Å². The molecule has 2 aliphatic rings. The molecule has 0 bridgehead atoms. The molecule has 1 aliphatic heterocycles. The van der Waals surface area contributed by atoms with Crippen molar-refractivity contribution in [2.45, 2.75) is 57.4 Å². The van der Waals surface area contributed by atoms with E-state index in [1.807, 2.05) is 4.90 Å². The Morgan fingerprint density at radius 3 is 2.71 bits per heavy atom. The number of rotatable bonds is 3. The van der Waals surface area contributed by atoms with E-state index in [4.69, 9.17) is 0 Å². The van der Waals surface area contributed by atoms with Crippen LogP contribution in [0.1, 0.15) is 57.1 Å². The molecule has 0 unspecified atom stereocenters. The van der Waals surface area contributed by atoms with Crippen molar-refractivity contribution in [3.8, 4) is 0 Å². The molecule has 1 atom stereocenters. The van der Waals surface area contributed by atoms with Crippen LogP contribution >= 0.6 is 0 Å². The lowest BCUT2D eigenvalue weighted by atomic mass is 9.94. The van der Waals surface area contributed by atoms with Crippen LogP contribution in [0, 0.1) is 0 Å². The minimum absolute atomic E-state index is 0.161. The predicted molar refractivity (Wildman–Crippen MR) is 82.1 cm³/mol. The first kappa shape index (κ1) is 14.3. The number of nitrogens with zero attached hydrogens (tertiary/aromatic N) is 3. The number of carbonyl (C=O) groups excluding carboxylic acids is 1. The van der Waals surface area contributed by atoms with E-state index in [9.17, 15) is 4.79 Å². The summed E-state index contributed by atoms with van der Waals surface area (Å²) in [4.78, 5) is 22.6. The number of nitrogens with one attached hydrogen (secondary N) is 1. The average molecular weight is 288 g/mol. The third-order valence-corrected chi connectivity index (χ3v) is 4.68. The highest BCUT2D eigenvalue weighted by Crippen LogP contribution is 2.31. The third kappa shape index (κ3) is 3.34. The van der Waals surface area contributed by atoms with Gasteiger partial charge in [0.2, 0.25) is 5.91 Å². The summed E-state index contributed by atoms with van der Waals surface area (Å²) >= 11 is 0. The van der Waals surface area contributed by atoms with Gasteiger partial charge in [-0.3, -0.25) is 9.78 Å². The second-order valence-electron chi connectivity index (χ2n) is 6.22. The topological polar surface area (TPSA) is 58.1 Å². The molecule has 1 aromatic rings. The van der Waals surface area contributed by atoms with Gasteiger partial charge in [0.25, 0.3) is 0 Å². The second kappa shape index (κ2) is 6.41. The number of amides is 1. The van der Waals surface area contributed by atoms with E-state index >= 15 is 0 Å². The van der Waals surface area contributed by atoms with Crippen molar-refractivity contribution in [3.05, 3.63) is 18.1 Å². The Bertz CT molecular complexity index is 499. The highest BCUT2D eigenvalue weighted by molar-refractivity contribution is 5.73. The molecule has 1 N–H and O–H groups in total. The summed E-state index contributed by atoms with van der Waals surface area (Å²) in [5.41, 5.74) is 1.04. The molecule has 1 saturated carbocycles. The first-order valence-electron chi connectivity index (χ1n) is 8.07. The summed E-state index contributed by atoms with van der Waals surface area (Å²) in [6.45, 7) is 3.29. The molecule has 5 heteroatoms. The Balaban J connectivity index is 1.75. The first-order chi connectivity index (χ1) is 10.2. The van der Waals surface area contributed by atoms with Crippen LogP contribution in [0.4, 0.5) is 5.82 Å². The van der Waals surface area contributed by atoms with E-state index < -0.39 is 0 Å². The number of aromatic nitrogens is 2. The molecule has 5 nitrogen and oxygen atoms in total. The summed E-state index contributed by atoms with van der Waals surface area (Å²) in [6, 6.07) is 0.535. The number of carbonyl (C=O) groups is 1. The van der Waals surface area contributed by atoms with Crippen molar-refractivity contribution in [2.24, 2.45) is 0 Å². The van der Waals surface area contributed by atoms with Gasteiger partial charge in [-0.25, -0.2) is 4.98 Å². The largest absolute Gasteiger partial charge is 0.366 e. The van der Waals surface area contributed by atoms with Crippen molar-refractivity contribution in [2.75, 3.05) is 18.4 Å². The van der Waals surface area contributed by atoms with Crippen LogP contribution in [0.25, 0.3) is 0 Å². The van der Waals surface area contributed by atoms with Gasteiger partial charge in [0.15, 0.2) is 0 Å². The lowest BCUT2D eigenvalue weighted by Crippen LogP contribution is -2.38. The molecule has 0 aromatic carbocycles. The Morgan fingerprint density at radius 2 is 1.95 bits per heavy atom. The van der Waals surface area contributed by atoms with Crippen LogP contribution in [0.5, 0.6) is 0 Å². The standard InChI is InChI=1S/C16H24N4O/c1-12(21)20-10-4-5-13(11-20)15-16(18-9-8-17-15)19-14-6-2-3-7-14/h8-9,13-14H,2-7,10-11H2,1H3,(H,18,19)/t13-/m1/s1. The Kier molecular flexibility index (Phi) is 4.36. The molecule has 1 aromatic heterocycles. The Labute approximate surface area is 126 Å². The van der Waals surface area contributed by atoms with Gasteiger partial charge < -0.3 is 10.2 Å². The lowest BCUT2D eigenvalue weighted by molar-refractivity contribution is -0.130. The fraction of sp³-hybridized carbons (Fsp3) is 0.688. The maximum atomic E-state index is 11.6. The zero-order valence-corrected chi connectivity index (χ0v) is 12.7. The van der Waals surface area contributed by atoms with E-state index in [0.717, 1.165) is 37.4 Å². The highest BCUT2D eigenvalue weighted by Gasteiger charge is 2.27. The molecule has 0 radical (unpaired) electrons. The van der Waals surface area contributed by atoms with E-state index in [2.05, 4.69) is 15.3 Å². The van der Waals surface area contributed by atoms with Crippen LogP contribution < -0.4 is 5.32 Å². The summed E-state index contributed by atoms with van der Waals surface area (Å²) in [5.74, 6) is 1.40. The predicted octanol–water partition coefficient (Wildman–Crippen LogP) is 2.56. The van der Waals surface area contributed by atoms with E-state index in [1.54, 1.807) is 19.3 Å². The van der Waals surface area contributed by atoms with Gasteiger partial charge in [-0.15, -0.1) is 0 Å². The number of likely N-dealkylation sites (tertiary alicyclic amines) is 1. The molecule has 1 amide bonds. The van der Waals surface area contributed by atoms with Gasteiger partial charge in [-0.2, -0.15) is 0 Å². The van der Waals surface area contributed by atoms with Crippen molar-refractivity contribution >= 4 is 11.7 Å². The molecule has 0 spiro atoms. The highest BCUT2D eigenvalue weighted by atomic mass is 16.2. The van der Waals surface area contributed by atoms with Crippen molar-refractivity contribution in [1.82, 2.24) is 14.9 Å². The quantitative estimate of drug-likeness (QED) is 0.928. The molecular formula is C16H24N4O. The maximum absolute atomic E-state index is 11.6. The number of anilines is 1. The van der Waals surface area contributed by atoms with Crippen LogP contribution in [-0.4, -0.2) is 39.9 Å². The maximum Gasteiger partial charge on any atom is 0.219 e. The van der Waals surface area contributed by atoms with Gasteiger partial charge >= 0.3 is 0 Å². The van der Waals surface area contributed by atoms with Crippen LogP contribution in [-0.2, 0) is 4.79 Å². The molecule has 114 valence electrons. The molecule has 2 fully saturated rings. The summed E-state index contributed by atoms with van der Waals surface area (Å²) < 4.78 is 0. The second-order valence-corrected chi connectivity index (χ2v) is 6.22. The van der Waals surface area contributed by atoms with Crippen molar-refractivity contribution < 1.29 is 4.79 Å². The minimum atomic E-state index is 0.161. The summed E-state index contributed by atoms with van der Waals surface area (Å²) in [6.07, 6.45) is 10.7. The Morgan fingerprint density at radius 1 is 1.19 bits per heavy atom. The van der Waals surface area contributed by atoms with Crippen LogP contribution in [0.2, 0.25) is 0 Å². The third-order valence-electron chi connectivity index (χ3n) is 4.68. The molecule has 1 saturated heterocycles. The summed E-state index contributed by atoms with van der Waals surface area (Å²) in [5, 5.41) is 3.57. The van der Waals surface area contributed by atoms with E-state index in [1.165, 1.54) is 25.7 Å². The molecule has 2 heterocycles. The number of hydrogen-bond acceptors (Lipinski definition) is 4. The van der Waals surface area contributed by atoms with Gasteiger partial charge in [-0.05, 0) is 25.7 Å². The fourth-order valence-corrected chi connectivity index (χ4v) is 3.51. The zero-order valence-electron chi connectivity index (χ0n) is 12.7. The minimum Gasteiger partial charge on any atom is -0.366 e. The van der Waals surface area contributed by atoms with Gasteiger partial charge in [0.1, 0.15) is 5.82 Å². The molecule has 1 aliphatic carbocycles. The fourth-order valence-electron chi connectivity index (χ4n) is 3.51. The SMILES string of the molecule is CC(=O)N1CCC[C@@H](c2nccnc2NC2CCCC2)C1. The average Bonchev–Trinajstić information content (AvgIpc) is 3.01. The van der Waals surface area contributed by atoms with Crippen molar-refractivity contribution in [1.29, 1.82) is 0 Å². The van der Waals surface area contributed by atoms with E-state index in [0.29, 0.717) is 12.0 Å². The van der Waals surface area contributed by atoms with E-state index in [-0.39, 0.29) is 5.91 Å². The lowest BCUT2D eigenvalue weighted by Gasteiger charge is -2.32. The molecule has 21 heavy (non-hydrogen) atoms. The number of hydrogen-bond donors (Lipinski definition) is 1. The monoisotopic (exact) mass is 288 g/mol. The molecule has 3 rings (SSSR count). The Hall–Kier alpha value is -1.65. The van der Waals surface area contributed by atoms with Gasteiger partial charge in [0, 0.05) is 44.4 Å².